The van der Waals surface area contributed by atoms with Gasteiger partial charge >= 0.3 is 0 Å². The van der Waals surface area contributed by atoms with Gasteiger partial charge in [-0.1, -0.05) is 28.1 Å². The van der Waals surface area contributed by atoms with E-state index >= 15 is 0 Å². The number of halogens is 2. The first-order valence-corrected chi connectivity index (χ1v) is 7.22. The third-order valence-corrected chi connectivity index (χ3v) is 3.77. The third-order valence-electron chi connectivity index (χ3n) is 3.27. The van der Waals surface area contributed by atoms with Gasteiger partial charge in [-0.25, -0.2) is 9.07 Å². The molecule has 106 valence electrons. The maximum absolute atomic E-state index is 13.9. The van der Waals surface area contributed by atoms with E-state index in [1.54, 1.807) is 28.9 Å². The van der Waals surface area contributed by atoms with Crippen LogP contribution in [0.1, 0.15) is 5.56 Å². The molecule has 0 amide bonds. The van der Waals surface area contributed by atoms with Gasteiger partial charge in [0.05, 0.1) is 11.4 Å². The molecule has 0 saturated carbocycles. The Labute approximate surface area is 130 Å². The molecule has 0 aliphatic rings. The molecular weight excluding hydrogens is 333 g/mol. The molecule has 1 aromatic heterocycles. The van der Waals surface area contributed by atoms with Crippen LogP contribution in [0.15, 0.2) is 53.0 Å². The molecule has 3 nitrogen and oxygen atoms in total. The Balaban J connectivity index is 2.12. The molecule has 5 heteroatoms. The molecule has 0 bridgehead atoms. The monoisotopic (exact) mass is 345 g/mol. The zero-order valence-electron chi connectivity index (χ0n) is 11.3. The van der Waals surface area contributed by atoms with E-state index in [1.165, 1.54) is 6.07 Å². The van der Waals surface area contributed by atoms with Crippen LogP contribution in [0.4, 0.5) is 10.2 Å². The first-order valence-electron chi connectivity index (χ1n) is 6.43. The Morgan fingerprint density at radius 2 is 1.90 bits per heavy atom. The second kappa shape index (κ2) is 5.33. The Kier molecular flexibility index (Phi) is 3.51. The number of rotatable bonds is 2. The summed E-state index contributed by atoms with van der Waals surface area (Å²) in [6, 6.07) is 14.0. The van der Waals surface area contributed by atoms with Crippen molar-refractivity contribution in [2.24, 2.45) is 0 Å². The zero-order chi connectivity index (χ0) is 15.0. The lowest BCUT2D eigenvalue weighted by atomic mass is 10.1. The fourth-order valence-electron chi connectivity index (χ4n) is 2.25. The number of hydrogen-bond acceptors (Lipinski definition) is 2. The first-order chi connectivity index (χ1) is 10.1. The summed E-state index contributed by atoms with van der Waals surface area (Å²) < 4.78 is 16.5. The molecule has 21 heavy (non-hydrogen) atoms. The fraction of sp³-hybridized carbons (Fsp3) is 0.0625. The smallest absolute Gasteiger partial charge is 0.132 e. The first kappa shape index (κ1) is 13.8. The van der Waals surface area contributed by atoms with Crippen LogP contribution in [0.5, 0.6) is 0 Å². The summed E-state index contributed by atoms with van der Waals surface area (Å²) >= 11 is 3.43. The lowest BCUT2D eigenvalue weighted by Crippen LogP contribution is -2.03. The highest BCUT2D eigenvalue weighted by molar-refractivity contribution is 9.10. The van der Waals surface area contributed by atoms with Crippen molar-refractivity contribution in [1.82, 2.24) is 9.78 Å². The number of nitrogens with two attached hydrogens (primary N) is 1. The second-order valence-electron chi connectivity index (χ2n) is 4.78. The predicted molar refractivity (Wildman–Crippen MR) is 85.8 cm³/mol. The van der Waals surface area contributed by atoms with Crippen LogP contribution >= 0.6 is 15.9 Å². The minimum Gasteiger partial charge on any atom is -0.384 e. The van der Waals surface area contributed by atoms with Crippen LogP contribution in [0.25, 0.3) is 16.9 Å². The highest BCUT2D eigenvalue weighted by Gasteiger charge is 2.13. The van der Waals surface area contributed by atoms with Gasteiger partial charge in [-0.05, 0) is 42.8 Å². The highest BCUT2D eigenvalue weighted by atomic mass is 79.9. The van der Waals surface area contributed by atoms with Gasteiger partial charge in [-0.3, -0.25) is 0 Å². The molecule has 0 aliphatic heterocycles. The van der Waals surface area contributed by atoms with Gasteiger partial charge in [0.2, 0.25) is 0 Å². The number of benzene rings is 2. The van der Waals surface area contributed by atoms with Gasteiger partial charge in [-0.15, -0.1) is 0 Å². The van der Waals surface area contributed by atoms with Crippen LogP contribution in [0, 0.1) is 12.7 Å². The molecule has 0 spiro atoms. The quantitative estimate of drug-likeness (QED) is 0.751. The highest BCUT2D eigenvalue weighted by Crippen LogP contribution is 2.27. The SMILES string of the molecule is Cc1cc(Br)ccc1-n1nc(-c2ccccc2F)cc1N. The van der Waals surface area contributed by atoms with Crippen LogP contribution in [0.3, 0.4) is 0 Å². The lowest BCUT2D eigenvalue weighted by molar-refractivity contribution is 0.630. The van der Waals surface area contributed by atoms with Gasteiger partial charge < -0.3 is 5.73 Å². The van der Waals surface area contributed by atoms with Crippen LogP contribution < -0.4 is 5.73 Å². The second-order valence-corrected chi connectivity index (χ2v) is 5.69. The zero-order valence-corrected chi connectivity index (χ0v) is 12.9. The normalized spacial score (nSPS) is 10.8. The van der Waals surface area contributed by atoms with E-state index in [0.717, 1.165) is 15.7 Å². The Hall–Kier alpha value is -2.14. The number of aryl methyl sites for hydroxylation is 1. The van der Waals surface area contributed by atoms with Gasteiger partial charge in [0, 0.05) is 16.1 Å². The molecule has 2 N–H and O–H groups in total. The molecule has 0 radical (unpaired) electrons. The van der Waals surface area contributed by atoms with Crippen molar-refractivity contribution in [1.29, 1.82) is 0 Å². The standard InChI is InChI=1S/C16H13BrFN3/c1-10-8-11(17)6-7-15(10)21-16(19)9-14(20-21)12-4-2-3-5-13(12)18/h2-9H,19H2,1H3. The van der Waals surface area contributed by atoms with Gasteiger partial charge in [0.15, 0.2) is 0 Å². The molecule has 0 aliphatic carbocycles. The molecule has 0 fully saturated rings. The summed E-state index contributed by atoms with van der Waals surface area (Å²) in [7, 11) is 0. The molecular formula is C16H13BrFN3. The van der Waals surface area contributed by atoms with Crippen molar-refractivity contribution in [3.05, 3.63) is 64.4 Å². The van der Waals surface area contributed by atoms with E-state index in [9.17, 15) is 4.39 Å². The summed E-state index contributed by atoms with van der Waals surface area (Å²) in [5.74, 6) is 0.161. The number of aromatic nitrogens is 2. The topological polar surface area (TPSA) is 43.8 Å². The lowest BCUT2D eigenvalue weighted by Gasteiger charge is -2.08. The maximum Gasteiger partial charge on any atom is 0.132 e. The maximum atomic E-state index is 13.9. The van der Waals surface area contributed by atoms with Crippen molar-refractivity contribution < 1.29 is 4.39 Å². The number of anilines is 1. The van der Waals surface area contributed by atoms with Crippen molar-refractivity contribution in [3.63, 3.8) is 0 Å². The van der Waals surface area contributed by atoms with Gasteiger partial charge in [-0.2, -0.15) is 5.10 Å². The number of nitrogens with zero attached hydrogens (tertiary/aromatic N) is 2. The summed E-state index contributed by atoms with van der Waals surface area (Å²) in [5.41, 5.74) is 8.90. The molecule has 3 rings (SSSR count). The molecule has 0 atom stereocenters. The molecule has 0 unspecified atom stereocenters. The number of hydrogen-bond donors (Lipinski definition) is 1. The van der Waals surface area contributed by atoms with Gasteiger partial charge in [0.25, 0.3) is 0 Å². The Bertz CT molecular complexity index is 811. The molecule has 1 heterocycles. The summed E-state index contributed by atoms with van der Waals surface area (Å²) in [6.07, 6.45) is 0. The summed E-state index contributed by atoms with van der Waals surface area (Å²) in [6.45, 7) is 1.98. The third kappa shape index (κ3) is 2.56. The van der Waals surface area contributed by atoms with Crippen molar-refractivity contribution in [2.75, 3.05) is 5.73 Å². The van der Waals surface area contributed by atoms with E-state index in [0.29, 0.717) is 17.1 Å². The van der Waals surface area contributed by atoms with Crippen LogP contribution in [-0.4, -0.2) is 9.78 Å². The van der Waals surface area contributed by atoms with E-state index in [1.807, 2.05) is 25.1 Å². The molecule has 3 aromatic rings. The minimum atomic E-state index is -0.310. The van der Waals surface area contributed by atoms with Crippen LogP contribution in [-0.2, 0) is 0 Å². The van der Waals surface area contributed by atoms with E-state index in [-0.39, 0.29) is 5.82 Å². The predicted octanol–water partition coefficient (Wildman–Crippen LogP) is 4.33. The number of nitrogen functional groups attached to an aromatic ring is 1. The Morgan fingerprint density at radius 1 is 1.14 bits per heavy atom. The largest absolute Gasteiger partial charge is 0.384 e. The van der Waals surface area contributed by atoms with Crippen LogP contribution in [0.2, 0.25) is 0 Å². The Morgan fingerprint density at radius 3 is 2.62 bits per heavy atom. The molecule has 0 saturated heterocycles. The van der Waals surface area contributed by atoms with Gasteiger partial charge in [0.1, 0.15) is 11.6 Å². The average Bonchev–Trinajstić information content (AvgIpc) is 2.81. The van der Waals surface area contributed by atoms with Crippen molar-refractivity contribution in [2.45, 2.75) is 6.92 Å². The average molecular weight is 346 g/mol. The molecule has 2 aromatic carbocycles. The van der Waals surface area contributed by atoms with Crippen molar-refractivity contribution >= 4 is 21.7 Å². The summed E-state index contributed by atoms with van der Waals surface area (Å²) in [4.78, 5) is 0. The minimum absolute atomic E-state index is 0.310. The van der Waals surface area contributed by atoms with Crippen molar-refractivity contribution in [3.8, 4) is 16.9 Å². The van der Waals surface area contributed by atoms with E-state index in [2.05, 4.69) is 21.0 Å². The van der Waals surface area contributed by atoms with E-state index < -0.39 is 0 Å². The fourth-order valence-corrected chi connectivity index (χ4v) is 2.72. The van der Waals surface area contributed by atoms with E-state index in [4.69, 9.17) is 5.73 Å². The summed E-state index contributed by atoms with van der Waals surface area (Å²) in [5, 5.41) is 4.44.